The van der Waals surface area contributed by atoms with Gasteiger partial charge in [-0.3, -0.25) is 0 Å². The van der Waals surface area contributed by atoms with Gasteiger partial charge in [0.05, 0.1) is 7.11 Å². The van der Waals surface area contributed by atoms with Crippen LogP contribution in [0.5, 0.6) is 5.75 Å². The van der Waals surface area contributed by atoms with E-state index in [4.69, 9.17) is 21.9 Å². The molecule has 0 aliphatic heterocycles. The van der Waals surface area contributed by atoms with E-state index in [0.29, 0.717) is 6.54 Å². The first-order chi connectivity index (χ1) is 9.26. The van der Waals surface area contributed by atoms with Gasteiger partial charge >= 0.3 is 0 Å². The van der Waals surface area contributed by atoms with E-state index in [1.807, 2.05) is 12.1 Å². The molecule has 0 unspecified atom stereocenters. The first-order valence-corrected chi connectivity index (χ1v) is 6.97. The zero-order valence-electron chi connectivity index (χ0n) is 11.3. The van der Waals surface area contributed by atoms with Crippen LogP contribution in [-0.4, -0.2) is 19.0 Å². The second kappa shape index (κ2) is 9.54. The molecule has 0 saturated heterocycles. The van der Waals surface area contributed by atoms with Crippen LogP contribution in [0.1, 0.15) is 31.2 Å². The van der Waals surface area contributed by atoms with Gasteiger partial charge in [-0.15, -0.1) is 11.6 Å². The highest BCUT2D eigenvalue weighted by Crippen LogP contribution is 2.17. The monoisotopic (exact) mass is 281 g/mol. The molecule has 4 nitrogen and oxygen atoms in total. The fraction of sp³-hybridized carbons (Fsp3) is 0.571. The Hall–Kier alpha value is -1.38. The third-order valence-corrected chi connectivity index (χ3v) is 3.43. The van der Waals surface area contributed by atoms with E-state index in [-0.39, 0.29) is 5.38 Å². The van der Waals surface area contributed by atoms with Crippen LogP contribution in [0.3, 0.4) is 0 Å². The molecule has 1 atom stereocenters. The molecule has 0 heterocycles. The Bertz CT molecular complexity index is 402. The van der Waals surface area contributed by atoms with Gasteiger partial charge in [0, 0.05) is 16.8 Å². The minimum absolute atomic E-state index is 0.188. The summed E-state index contributed by atoms with van der Waals surface area (Å²) in [6.07, 6.45) is 4.84. The highest BCUT2D eigenvalue weighted by molar-refractivity contribution is 6.20. The van der Waals surface area contributed by atoms with Crippen molar-refractivity contribution in [1.82, 2.24) is 0 Å². The van der Waals surface area contributed by atoms with E-state index < -0.39 is 0 Å². The second-order valence-electron chi connectivity index (χ2n) is 4.43. The predicted molar refractivity (Wildman–Crippen MR) is 78.8 cm³/mol. The lowest BCUT2D eigenvalue weighted by Crippen LogP contribution is -2.01. The Morgan fingerprint density at radius 2 is 2.00 bits per heavy atom. The molecule has 1 aromatic carbocycles. The molecule has 0 aliphatic carbocycles. The Morgan fingerprint density at radius 1 is 1.26 bits per heavy atom. The van der Waals surface area contributed by atoms with Crippen molar-refractivity contribution in [3.05, 3.63) is 40.3 Å². The highest BCUT2D eigenvalue weighted by Gasteiger charge is 2.05. The smallest absolute Gasteiger partial charge is 0.118 e. The zero-order valence-corrected chi connectivity index (χ0v) is 12.0. The lowest BCUT2D eigenvalue weighted by Gasteiger charge is -2.09. The van der Waals surface area contributed by atoms with Crippen molar-refractivity contribution in [2.45, 2.75) is 37.5 Å². The fourth-order valence-corrected chi connectivity index (χ4v) is 2.12. The molecular formula is C14H20ClN3O. The lowest BCUT2D eigenvalue weighted by atomic mass is 10.0. The quantitative estimate of drug-likeness (QED) is 0.212. The van der Waals surface area contributed by atoms with Gasteiger partial charge in [0.2, 0.25) is 0 Å². The van der Waals surface area contributed by atoms with Gasteiger partial charge in [0.1, 0.15) is 5.75 Å². The first-order valence-electron chi connectivity index (χ1n) is 6.54. The van der Waals surface area contributed by atoms with Crippen LogP contribution in [0.15, 0.2) is 29.4 Å². The molecular weight excluding hydrogens is 262 g/mol. The van der Waals surface area contributed by atoms with Gasteiger partial charge in [-0.2, -0.15) is 0 Å². The molecule has 0 fully saturated rings. The number of methoxy groups -OCH3 is 1. The first kappa shape index (κ1) is 15.7. The van der Waals surface area contributed by atoms with Gasteiger partial charge in [-0.05, 0) is 48.9 Å². The maximum atomic E-state index is 8.15. The molecule has 1 rings (SSSR count). The molecule has 0 radical (unpaired) electrons. The summed E-state index contributed by atoms with van der Waals surface area (Å²) in [5.74, 6) is 0.879. The molecule has 0 N–H and O–H groups in total. The number of hydrogen-bond acceptors (Lipinski definition) is 2. The number of azide groups is 1. The predicted octanol–water partition coefficient (Wildman–Crippen LogP) is 4.72. The zero-order chi connectivity index (χ0) is 13.9. The fourth-order valence-electron chi connectivity index (χ4n) is 1.85. The maximum Gasteiger partial charge on any atom is 0.118 e. The molecule has 0 bridgehead atoms. The Morgan fingerprint density at radius 3 is 2.63 bits per heavy atom. The van der Waals surface area contributed by atoms with E-state index in [1.54, 1.807) is 7.11 Å². The van der Waals surface area contributed by atoms with Crippen molar-refractivity contribution in [2.75, 3.05) is 13.7 Å². The number of halogens is 1. The number of hydrogen-bond donors (Lipinski definition) is 0. The van der Waals surface area contributed by atoms with Crippen LogP contribution >= 0.6 is 11.6 Å². The lowest BCUT2D eigenvalue weighted by molar-refractivity contribution is 0.414. The molecule has 0 aliphatic rings. The number of rotatable bonds is 9. The molecule has 0 amide bonds. The molecule has 19 heavy (non-hydrogen) atoms. The normalized spacial score (nSPS) is 11.7. The summed E-state index contributed by atoms with van der Waals surface area (Å²) < 4.78 is 5.12. The Balaban J connectivity index is 2.18. The number of ether oxygens (including phenoxy) is 1. The van der Waals surface area contributed by atoms with Gasteiger partial charge < -0.3 is 4.74 Å². The average Bonchev–Trinajstić information content (AvgIpc) is 2.45. The molecule has 0 saturated carbocycles. The third-order valence-electron chi connectivity index (χ3n) is 2.99. The maximum absolute atomic E-state index is 8.15. The topological polar surface area (TPSA) is 58.0 Å². The van der Waals surface area contributed by atoms with Crippen molar-refractivity contribution >= 4 is 11.6 Å². The summed E-state index contributed by atoms with van der Waals surface area (Å²) >= 11 is 6.27. The number of unbranched alkanes of at least 4 members (excludes halogenated alkanes) is 1. The van der Waals surface area contributed by atoms with Crippen LogP contribution in [0.25, 0.3) is 10.4 Å². The Kier molecular flexibility index (Phi) is 7.87. The minimum atomic E-state index is 0.188. The number of aryl methyl sites for hydroxylation is 1. The van der Waals surface area contributed by atoms with Gasteiger partial charge in [0.25, 0.3) is 0 Å². The molecule has 1 aromatic rings. The molecule has 5 heteroatoms. The van der Waals surface area contributed by atoms with Gasteiger partial charge in [-0.25, -0.2) is 0 Å². The summed E-state index contributed by atoms with van der Waals surface area (Å²) in [5.41, 5.74) is 9.42. The van der Waals surface area contributed by atoms with Gasteiger partial charge in [0.15, 0.2) is 0 Å². The van der Waals surface area contributed by atoms with Crippen LogP contribution < -0.4 is 4.74 Å². The van der Waals surface area contributed by atoms with E-state index >= 15 is 0 Å². The van der Waals surface area contributed by atoms with Crippen molar-refractivity contribution < 1.29 is 4.74 Å². The Labute approximate surface area is 119 Å². The third kappa shape index (κ3) is 6.94. The largest absolute Gasteiger partial charge is 0.497 e. The van der Waals surface area contributed by atoms with Crippen molar-refractivity contribution in [2.24, 2.45) is 5.11 Å². The minimum Gasteiger partial charge on any atom is -0.497 e. The van der Waals surface area contributed by atoms with Crippen LogP contribution in [0.2, 0.25) is 0 Å². The van der Waals surface area contributed by atoms with E-state index in [9.17, 15) is 0 Å². The van der Waals surface area contributed by atoms with Gasteiger partial charge in [-0.1, -0.05) is 23.7 Å². The molecule has 0 spiro atoms. The summed E-state index contributed by atoms with van der Waals surface area (Å²) in [7, 11) is 1.67. The van der Waals surface area contributed by atoms with E-state index in [0.717, 1.165) is 37.9 Å². The number of alkyl halides is 1. The summed E-state index contributed by atoms with van der Waals surface area (Å²) in [5, 5.41) is 3.69. The van der Waals surface area contributed by atoms with E-state index in [1.165, 1.54) is 5.56 Å². The summed E-state index contributed by atoms with van der Waals surface area (Å²) in [6, 6.07) is 8.09. The average molecular weight is 282 g/mol. The summed E-state index contributed by atoms with van der Waals surface area (Å²) in [4.78, 5) is 2.72. The van der Waals surface area contributed by atoms with Crippen LogP contribution in [-0.2, 0) is 6.42 Å². The van der Waals surface area contributed by atoms with Crippen molar-refractivity contribution in [1.29, 1.82) is 0 Å². The van der Waals surface area contributed by atoms with E-state index in [2.05, 4.69) is 22.2 Å². The SMILES string of the molecule is COc1ccc(CC[C@H](Cl)CCCCN=[N+]=[N-])cc1. The van der Waals surface area contributed by atoms with Crippen LogP contribution in [0.4, 0.5) is 0 Å². The second-order valence-corrected chi connectivity index (χ2v) is 5.05. The number of nitrogens with zero attached hydrogens (tertiary/aromatic N) is 3. The van der Waals surface area contributed by atoms with Crippen LogP contribution in [0, 0.1) is 0 Å². The molecule has 0 aromatic heterocycles. The molecule has 104 valence electrons. The summed E-state index contributed by atoms with van der Waals surface area (Å²) in [6.45, 7) is 0.568. The highest BCUT2D eigenvalue weighted by atomic mass is 35.5. The standard InChI is InChI=1S/C14H20ClN3O/c1-19-14-9-6-12(7-10-14)5-8-13(15)4-2-3-11-17-18-16/h6-7,9-10,13H,2-5,8,11H2,1H3/t13-/m1/s1. The van der Waals surface area contributed by atoms with Crippen molar-refractivity contribution in [3.8, 4) is 5.75 Å². The van der Waals surface area contributed by atoms with Crippen molar-refractivity contribution in [3.63, 3.8) is 0 Å². The number of benzene rings is 1.